The molecular formula is C16H25NO. The van der Waals surface area contributed by atoms with Crippen molar-refractivity contribution in [1.29, 1.82) is 0 Å². The molecule has 1 fully saturated rings. The Morgan fingerprint density at radius 1 is 1.28 bits per heavy atom. The van der Waals surface area contributed by atoms with E-state index >= 15 is 0 Å². The second-order valence-corrected chi connectivity index (χ2v) is 5.46. The predicted octanol–water partition coefficient (Wildman–Crippen LogP) is 4.18. The maximum atomic E-state index is 5.80. The summed E-state index contributed by atoms with van der Waals surface area (Å²) in [5.74, 6) is 0.651. The molecular weight excluding hydrogens is 222 g/mol. The highest BCUT2D eigenvalue weighted by Crippen LogP contribution is 2.22. The Labute approximate surface area is 111 Å². The third-order valence-electron chi connectivity index (χ3n) is 3.95. The van der Waals surface area contributed by atoms with Crippen LogP contribution in [0.3, 0.4) is 0 Å². The highest BCUT2D eigenvalue weighted by atomic mass is 16.5. The zero-order valence-corrected chi connectivity index (χ0v) is 11.8. The summed E-state index contributed by atoms with van der Waals surface area (Å²) in [7, 11) is 0. The molecule has 100 valence electrons. The van der Waals surface area contributed by atoms with Crippen LogP contribution in [-0.2, 0) is 4.74 Å². The molecule has 0 aliphatic carbocycles. The van der Waals surface area contributed by atoms with Gasteiger partial charge in [0, 0.05) is 12.2 Å². The summed E-state index contributed by atoms with van der Waals surface area (Å²) in [6.07, 6.45) is 4.39. The average molecular weight is 247 g/mol. The van der Waals surface area contributed by atoms with Crippen molar-refractivity contribution in [3.63, 3.8) is 0 Å². The highest BCUT2D eigenvalue weighted by Gasteiger charge is 2.21. The normalized spacial score (nSPS) is 25.1. The Kier molecular flexibility index (Phi) is 4.65. The molecule has 1 saturated heterocycles. The largest absolute Gasteiger partial charge is 0.382 e. The summed E-state index contributed by atoms with van der Waals surface area (Å²) >= 11 is 0. The van der Waals surface area contributed by atoms with Crippen LogP contribution in [0.15, 0.2) is 24.3 Å². The van der Waals surface area contributed by atoms with Crippen LogP contribution in [0.4, 0.5) is 5.69 Å². The lowest BCUT2D eigenvalue weighted by atomic mass is 9.99. The second-order valence-electron chi connectivity index (χ2n) is 5.46. The van der Waals surface area contributed by atoms with Gasteiger partial charge in [0.05, 0.1) is 12.2 Å². The van der Waals surface area contributed by atoms with Crippen LogP contribution in [0.25, 0.3) is 0 Å². The van der Waals surface area contributed by atoms with Crippen molar-refractivity contribution in [3.8, 4) is 0 Å². The van der Waals surface area contributed by atoms with Crippen LogP contribution in [0.5, 0.6) is 0 Å². The van der Waals surface area contributed by atoms with E-state index in [1.54, 1.807) is 0 Å². The zero-order valence-electron chi connectivity index (χ0n) is 11.8. The van der Waals surface area contributed by atoms with E-state index in [0.29, 0.717) is 18.1 Å². The zero-order chi connectivity index (χ0) is 13.0. The fraction of sp³-hybridized carbons (Fsp3) is 0.625. The number of hydrogen-bond donors (Lipinski definition) is 1. The van der Waals surface area contributed by atoms with Crippen LogP contribution < -0.4 is 5.32 Å². The van der Waals surface area contributed by atoms with Crippen molar-refractivity contribution in [2.24, 2.45) is 0 Å². The van der Waals surface area contributed by atoms with Crippen molar-refractivity contribution in [2.45, 2.75) is 58.2 Å². The summed E-state index contributed by atoms with van der Waals surface area (Å²) in [6.45, 7) is 7.58. The molecule has 2 nitrogen and oxygen atoms in total. The number of hydrogen-bond acceptors (Lipinski definition) is 2. The molecule has 1 aromatic rings. The van der Waals surface area contributed by atoms with Gasteiger partial charge in [-0.25, -0.2) is 0 Å². The molecule has 0 saturated carbocycles. The maximum absolute atomic E-state index is 5.80. The van der Waals surface area contributed by atoms with E-state index in [2.05, 4.69) is 50.4 Å². The molecule has 0 amide bonds. The minimum absolute atomic E-state index is 0.384. The molecule has 2 heteroatoms. The molecule has 1 N–H and O–H groups in total. The van der Waals surface area contributed by atoms with E-state index in [-0.39, 0.29) is 0 Å². The van der Waals surface area contributed by atoms with Gasteiger partial charge >= 0.3 is 0 Å². The quantitative estimate of drug-likeness (QED) is 0.842. The van der Waals surface area contributed by atoms with Crippen molar-refractivity contribution in [1.82, 2.24) is 0 Å². The molecule has 0 spiro atoms. The number of ether oxygens (including phenoxy) is 1. The van der Waals surface area contributed by atoms with E-state index in [4.69, 9.17) is 4.74 Å². The van der Waals surface area contributed by atoms with Crippen LogP contribution in [0, 0.1) is 0 Å². The van der Waals surface area contributed by atoms with Gasteiger partial charge in [0.15, 0.2) is 0 Å². The van der Waals surface area contributed by atoms with Crippen molar-refractivity contribution in [3.05, 3.63) is 29.8 Å². The van der Waals surface area contributed by atoms with Crippen LogP contribution in [-0.4, -0.2) is 18.8 Å². The molecule has 0 radical (unpaired) electrons. The number of rotatable bonds is 5. The van der Waals surface area contributed by atoms with Gasteiger partial charge in [-0.1, -0.05) is 26.0 Å². The molecule has 3 atom stereocenters. The molecule has 2 rings (SSSR count). The molecule has 1 aliphatic heterocycles. The van der Waals surface area contributed by atoms with Crippen molar-refractivity contribution in [2.75, 3.05) is 11.9 Å². The van der Waals surface area contributed by atoms with Gasteiger partial charge in [0.25, 0.3) is 0 Å². The molecule has 0 bridgehead atoms. The number of nitrogens with one attached hydrogen (secondary N) is 1. The maximum Gasteiger partial charge on any atom is 0.0751 e. The molecule has 1 aliphatic rings. The molecule has 3 unspecified atom stereocenters. The Balaban J connectivity index is 1.83. The second kappa shape index (κ2) is 6.24. The SMILES string of the molecule is CCC(C)c1ccc(NCC2CCC(C)O2)cc1. The molecule has 18 heavy (non-hydrogen) atoms. The van der Waals surface area contributed by atoms with Gasteiger partial charge in [0.2, 0.25) is 0 Å². The Morgan fingerprint density at radius 2 is 2.00 bits per heavy atom. The van der Waals surface area contributed by atoms with Gasteiger partial charge in [-0.05, 0) is 49.8 Å². The number of anilines is 1. The standard InChI is InChI=1S/C16H25NO/c1-4-12(2)14-6-8-15(9-7-14)17-11-16-10-5-13(3)18-16/h6-9,12-13,16-17H,4-5,10-11H2,1-3H3. The van der Waals surface area contributed by atoms with Crippen LogP contribution >= 0.6 is 0 Å². The number of benzene rings is 1. The van der Waals surface area contributed by atoms with Gasteiger partial charge in [-0.2, -0.15) is 0 Å². The lowest BCUT2D eigenvalue weighted by molar-refractivity contribution is 0.0637. The fourth-order valence-corrected chi connectivity index (χ4v) is 2.43. The predicted molar refractivity (Wildman–Crippen MR) is 77.2 cm³/mol. The summed E-state index contributed by atoms with van der Waals surface area (Å²) < 4.78 is 5.80. The first kappa shape index (κ1) is 13.4. The minimum Gasteiger partial charge on any atom is -0.382 e. The Bertz CT molecular complexity index is 360. The van der Waals surface area contributed by atoms with Gasteiger partial charge in [-0.3, -0.25) is 0 Å². The first-order valence-corrected chi connectivity index (χ1v) is 7.18. The average Bonchev–Trinajstić information content (AvgIpc) is 2.82. The van der Waals surface area contributed by atoms with Crippen LogP contribution in [0.2, 0.25) is 0 Å². The van der Waals surface area contributed by atoms with E-state index in [1.807, 2.05) is 0 Å². The van der Waals surface area contributed by atoms with E-state index in [0.717, 1.165) is 6.54 Å². The van der Waals surface area contributed by atoms with E-state index < -0.39 is 0 Å². The summed E-state index contributed by atoms with van der Waals surface area (Å²) in [4.78, 5) is 0. The lowest BCUT2D eigenvalue weighted by Gasteiger charge is -2.14. The first-order valence-electron chi connectivity index (χ1n) is 7.18. The lowest BCUT2D eigenvalue weighted by Crippen LogP contribution is -2.19. The monoisotopic (exact) mass is 247 g/mol. The van der Waals surface area contributed by atoms with E-state index in [9.17, 15) is 0 Å². The third kappa shape index (κ3) is 3.49. The van der Waals surface area contributed by atoms with Crippen molar-refractivity contribution < 1.29 is 4.74 Å². The summed E-state index contributed by atoms with van der Waals surface area (Å²) in [5, 5.41) is 3.47. The Hall–Kier alpha value is -1.02. The van der Waals surface area contributed by atoms with Gasteiger partial charge in [0.1, 0.15) is 0 Å². The molecule has 0 aromatic heterocycles. The Morgan fingerprint density at radius 3 is 2.56 bits per heavy atom. The third-order valence-corrected chi connectivity index (χ3v) is 3.95. The van der Waals surface area contributed by atoms with Crippen molar-refractivity contribution >= 4 is 5.69 Å². The molecule has 1 heterocycles. The topological polar surface area (TPSA) is 21.3 Å². The van der Waals surface area contributed by atoms with Gasteiger partial charge in [-0.15, -0.1) is 0 Å². The highest BCUT2D eigenvalue weighted by molar-refractivity contribution is 5.45. The smallest absolute Gasteiger partial charge is 0.0751 e. The van der Waals surface area contributed by atoms with Crippen LogP contribution in [0.1, 0.15) is 51.5 Å². The first-order chi connectivity index (χ1) is 8.69. The molecule has 1 aromatic carbocycles. The summed E-state index contributed by atoms with van der Waals surface area (Å²) in [6, 6.07) is 8.82. The van der Waals surface area contributed by atoms with E-state index in [1.165, 1.54) is 30.5 Å². The minimum atomic E-state index is 0.384. The fourth-order valence-electron chi connectivity index (χ4n) is 2.43. The van der Waals surface area contributed by atoms with Gasteiger partial charge < -0.3 is 10.1 Å². The summed E-state index contributed by atoms with van der Waals surface area (Å²) in [5.41, 5.74) is 2.62.